The molecule has 2 aromatic heterocycles. The maximum Gasteiger partial charge on any atom is 0.252 e. The molecule has 0 atom stereocenters. The molecular formula is C20H18ClFN4O4S. The molecule has 0 spiro atoms. The van der Waals surface area contributed by atoms with Gasteiger partial charge in [0, 0.05) is 25.3 Å². The molecule has 0 saturated carbocycles. The largest absolute Gasteiger partial charge is 0.458 e. The molecular weight excluding hydrogens is 447 g/mol. The summed E-state index contributed by atoms with van der Waals surface area (Å²) in [6, 6.07) is 6.92. The van der Waals surface area contributed by atoms with Crippen LogP contribution in [0.25, 0.3) is 11.5 Å². The normalized spacial score (nSPS) is 10.5. The number of amides is 3. The number of hydrogen-bond acceptors (Lipinski definition) is 6. The maximum absolute atomic E-state index is 13.1. The van der Waals surface area contributed by atoms with Gasteiger partial charge in [-0.25, -0.2) is 9.37 Å². The third-order valence-electron chi connectivity index (χ3n) is 3.99. The van der Waals surface area contributed by atoms with E-state index in [1.165, 1.54) is 24.3 Å². The molecule has 31 heavy (non-hydrogen) atoms. The van der Waals surface area contributed by atoms with E-state index >= 15 is 0 Å². The second-order valence-corrected chi connectivity index (χ2v) is 7.66. The zero-order valence-electron chi connectivity index (χ0n) is 16.3. The van der Waals surface area contributed by atoms with Gasteiger partial charge in [0.15, 0.2) is 10.9 Å². The van der Waals surface area contributed by atoms with Gasteiger partial charge in [-0.15, -0.1) is 11.3 Å². The number of halogens is 2. The minimum Gasteiger partial charge on any atom is -0.458 e. The smallest absolute Gasteiger partial charge is 0.252 e. The molecule has 1 aromatic carbocycles. The molecule has 2 heterocycles. The fourth-order valence-electron chi connectivity index (χ4n) is 2.51. The summed E-state index contributed by atoms with van der Waals surface area (Å²) in [6.45, 7) is 1.77. The number of aromatic nitrogens is 1. The number of furan rings is 1. The molecule has 0 radical (unpaired) electrons. The minimum atomic E-state index is -0.540. The van der Waals surface area contributed by atoms with E-state index in [0.717, 1.165) is 12.1 Å². The Bertz CT molecular complexity index is 1110. The summed E-state index contributed by atoms with van der Waals surface area (Å²) in [5.41, 5.74) is 0.679. The average Bonchev–Trinajstić information content (AvgIpc) is 3.35. The van der Waals surface area contributed by atoms with Crippen molar-refractivity contribution in [2.75, 3.05) is 11.9 Å². The first-order chi connectivity index (χ1) is 14.8. The van der Waals surface area contributed by atoms with Crippen molar-refractivity contribution in [2.24, 2.45) is 0 Å². The first kappa shape index (κ1) is 22.4. The average molecular weight is 465 g/mol. The Morgan fingerprint density at radius 3 is 2.74 bits per heavy atom. The number of nitrogens with zero attached hydrogens (tertiary/aromatic N) is 1. The third kappa shape index (κ3) is 6.37. The molecule has 0 aliphatic rings. The number of rotatable bonds is 8. The van der Waals surface area contributed by atoms with Crippen molar-refractivity contribution in [2.45, 2.75) is 19.9 Å². The van der Waals surface area contributed by atoms with Crippen LogP contribution in [0.15, 0.2) is 40.1 Å². The van der Waals surface area contributed by atoms with Gasteiger partial charge in [-0.3, -0.25) is 14.4 Å². The van der Waals surface area contributed by atoms with Crippen molar-refractivity contribution in [1.29, 1.82) is 0 Å². The van der Waals surface area contributed by atoms with Crippen LogP contribution in [0.4, 0.5) is 9.52 Å². The molecule has 3 N–H and O–H groups in total. The lowest BCUT2D eigenvalue weighted by Gasteiger charge is -2.06. The van der Waals surface area contributed by atoms with Gasteiger partial charge in [-0.2, -0.15) is 0 Å². The zero-order chi connectivity index (χ0) is 22.4. The molecule has 0 bridgehead atoms. The number of carbonyl (C=O) groups is 3. The van der Waals surface area contributed by atoms with E-state index in [-0.39, 0.29) is 41.9 Å². The van der Waals surface area contributed by atoms with Crippen molar-refractivity contribution in [3.8, 4) is 11.5 Å². The quantitative estimate of drug-likeness (QED) is 0.471. The topological polar surface area (TPSA) is 113 Å². The van der Waals surface area contributed by atoms with Crippen molar-refractivity contribution < 1.29 is 23.2 Å². The summed E-state index contributed by atoms with van der Waals surface area (Å²) >= 11 is 7.07. The van der Waals surface area contributed by atoms with Gasteiger partial charge in [-0.1, -0.05) is 11.6 Å². The summed E-state index contributed by atoms with van der Waals surface area (Å²) in [5.74, 6) is -0.434. The summed E-state index contributed by atoms with van der Waals surface area (Å²) in [4.78, 5) is 39.4. The Kier molecular flexibility index (Phi) is 7.37. The van der Waals surface area contributed by atoms with Gasteiger partial charge in [0.2, 0.25) is 11.8 Å². The highest BCUT2D eigenvalue weighted by atomic mass is 35.5. The lowest BCUT2D eigenvalue weighted by atomic mass is 10.2. The Balaban J connectivity index is 1.47. The Morgan fingerprint density at radius 1 is 1.19 bits per heavy atom. The molecule has 3 aromatic rings. The van der Waals surface area contributed by atoms with Crippen LogP contribution < -0.4 is 16.0 Å². The second-order valence-electron chi connectivity index (χ2n) is 6.39. The van der Waals surface area contributed by atoms with E-state index in [2.05, 4.69) is 20.9 Å². The fourth-order valence-corrected chi connectivity index (χ4v) is 3.48. The fraction of sp³-hybridized carbons (Fsp3) is 0.200. The van der Waals surface area contributed by atoms with E-state index in [4.69, 9.17) is 16.0 Å². The number of nitrogens with one attached hydrogen (secondary N) is 3. The maximum atomic E-state index is 13.1. The Labute approximate surface area is 185 Å². The van der Waals surface area contributed by atoms with Crippen LogP contribution in [0.3, 0.4) is 0 Å². The number of carbonyl (C=O) groups excluding carboxylic acids is 3. The lowest BCUT2D eigenvalue weighted by molar-refractivity contribution is -0.119. The molecule has 0 aliphatic carbocycles. The van der Waals surface area contributed by atoms with Crippen LogP contribution in [0.5, 0.6) is 0 Å². The van der Waals surface area contributed by atoms with Crippen molar-refractivity contribution in [3.63, 3.8) is 0 Å². The van der Waals surface area contributed by atoms with Crippen LogP contribution in [0.2, 0.25) is 5.02 Å². The predicted molar refractivity (Wildman–Crippen MR) is 114 cm³/mol. The molecule has 3 amide bonds. The predicted octanol–water partition coefficient (Wildman–Crippen LogP) is 3.59. The number of benzene rings is 1. The molecule has 0 unspecified atom stereocenters. The van der Waals surface area contributed by atoms with Crippen LogP contribution in [0, 0.1) is 5.82 Å². The Morgan fingerprint density at radius 2 is 2.00 bits per heavy atom. The van der Waals surface area contributed by atoms with Gasteiger partial charge in [0.1, 0.15) is 17.3 Å². The molecule has 3 rings (SSSR count). The molecule has 162 valence electrons. The molecule has 0 saturated heterocycles. The first-order valence-corrected chi connectivity index (χ1v) is 10.4. The van der Waals surface area contributed by atoms with Crippen molar-refractivity contribution in [1.82, 2.24) is 15.6 Å². The van der Waals surface area contributed by atoms with E-state index in [0.29, 0.717) is 22.3 Å². The number of anilines is 1. The third-order valence-corrected chi connectivity index (χ3v) is 5.06. The number of hydrogen-bond donors (Lipinski definition) is 3. The van der Waals surface area contributed by atoms with Crippen LogP contribution >= 0.6 is 22.9 Å². The van der Waals surface area contributed by atoms with E-state index in [9.17, 15) is 18.8 Å². The first-order valence-electron chi connectivity index (χ1n) is 9.14. The summed E-state index contributed by atoms with van der Waals surface area (Å²) in [7, 11) is 0. The summed E-state index contributed by atoms with van der Waals surface area (Å²) in [6.07, 6.45) is 0.0150. The second kappa shape index (κ2) is 10.2. The van der Waals surface area contributed by atoms with Crippen molar-refractivity contribution in [3.05, 3.63) is 57.9 Å². The highest BCUT2D eigenvalue weighted by Gasteiger charge is 2.13. The molecule has 8 nitrogen and oxygen atoms in total. The summed E-state index contributed by atoms with van der Waals surface area (Å²) in [5, 5.41) is 9.96. The minimum absolute atomic E-state index is 0.00424. The van der Waals surface area contributed by atoms with Gasteiger partial charge >= 0.3 is 0 Å². The van der Waals surface area contributed by atoms with Crippen molar-refractivity contribution >= 4 is 45.8 Å². The van der Waals surface area contributed by atoms with Gasteiger partial charge in [0.05, 0.1) is 17.1 Å². The molecule has 11 heteroatoms. The van der Waals surface area contributed by atoms with Gasteiger partial charge in [0.25, 0.3) is 5.91 Å². The standard InChI is InChI=1S/C20H18ClFN4O4S/c1-11(27)24-9-13-3-5-17(30-13)16-10-31-20(25-16)26-18(28)6-7-23-19(29)14-4-2-12(22)8-15(14)21/h2-5,8,10H,6-7,9H2,1H3,(H,23,29)(H,24,27)(H,25,26,28). The van der Waals surface area contributed by atoms with Gasteiger partial charge < -0.3 is 20.4 Å². The SMILES string of the molecule is CC(=O)NCc1ccc(-c2csc(NC(=O)CCNC(=O)c3ccc(F)cc3Cl)n2)o1. The van der Waals surface area contributed by atoms with Crippen LogP contribution in [-0.4, -0.2) is 29.3 Å². The lowest BCUT2D eigenvalue weighted by Crippen LogP contribution is -2.27. The zero-order valence-corrected chi connectivity index (χ0v) is 17.9. The van der Waals surface area contributed by atoms with E-state index in [1.54, 1.807) is 17.5 Å². The van der Waals surface area contributed by atoms with E-state index in [1.807, 2.05) is 0 Å². The van der Waals surface area contributed by atoms with Crippen LogP contribution in [-0.2, 0) is 16.1 Å². The summed E-state index contributed by atoms with van der Waals surface area (Å²) < 4.78 is 18.7. The highest BCUT2D eigenvalue weighted by molar-refractivity contribution is 7.14. The number of thiazole rings is 1. The molecule has 0 aliphatic heterocycles. The van der Waals surface area contributed by atoms with Gasteiger partial charge in [-0.05, 0) is 30.3 Å². The monoisotopic (exact) mass is 464 g/mol. The van der Waals surface area contributed by atoms with Crippen LogP contribution in [0.1, 0.15) is 29.5 Å². The molecule has 0 fully saturated rings. The van der Waals surface area contributed by atoms with E-state index < -0.39 is 11.7 Å². The highest BCUT2D eigenvalue weighted by Crippen LogP contribution is 2.26. The Hall–Kier alpha value is -3.24.